The summed E-state index contributed by atoms with van der Waals surface area (Å²) in [4.78, 5) is 16.1. The number of thiazole rings is 1. The van der Waals surface area contributed by atoms with Crippen molar-refractivity contribution in [2.75, 3.05) is 5.73 Å². The first-order chi connectivity index (χ1) is 8.63. The van der Waals surface area contributed by atoms with Crippen molar-refractivity contribution in [1.29, 1.82) is 0 Å². The van der Waals surface area contributed by atoms with Gasteiger partial charge in [0, 0.05) is 17.1 Å². The highest BCUT2D eigenvalue weighted by Gasteiger charge is 2.10. The summed E-state index contributed by atoms with van der Waals surface area (Å²) in [5.74, 6) is -0.388. The molecule has 2 heterocycles. The summed E-state index contributed by atoms with van der Waals surface area (Å²) in [6, 6.07) is 5.19. The van der Waals surface area contributed by atoms with Crippen LogP contribution in [0.3, 0.4) is 0 Å². The van der Waals surface area contributed by atoms with E-state index in [-0.39, 0.29) is 5.76 Å². The molecule has 0 aliphatic rings. The summed E-state index contributed by atoms with van der Waals surface area (Å²) < 4.78 is 6.72. The van der Waals surface area contributed by atoms with E-state index in [2.05, 4.69) is 4.98 Å². The molecule has 3 rings (SSSR count). The predicted molar refractivity (Wildman–Crippen MR) is 70.8 cm³/mol. The van der Waals surface area contributed by atoms with Crippen molar-refractivity contribution in [2.24, 2.45) is 0 Å². The van der Waals surface area contributed by atoms with Gasteiger partial charge in [-0.25, -0.2) is 9.78 Å². The molecule has 0 saturated heterocycles. The topological polar surface area (TPSA) is 74.0 Å². The number of oxazole rings is 1. The van der Waals surface area contributed by atoms with Crippen molar-refractivity contribution in [3.05, 3.63) is 44.8 Å². The average molecular weight is 261 g/mol. The lowest BCUT2D eigenvalue weighted by atomic mass is 10.3. The van der Waals surface area contributed by atoms with Gasteiger partial charge in [0.2, 0.25) is 0 Å². The van der Waals surface area contributed by atoms with Crippen LogP contribution in [0.5, 0.6) is 0 Å². The monoisotopic (exact) mass is 261 g/mol. The van der Waals surface area contributed by atoms with Crippen LogP contribution < -0.4 is 11.5 Å². The number of fused-ring (bicyclic) bond motifs is 1. The molecule has 1 aromatic carbocycles. The van der Waals surface area contributed by atoms with Gasteiger partial charge in [-0.15, -0.1) is 11.3 Å². The fourth-order valence-electron chi connectivity index (χ4n) is 1.88. The third kappa shape index (κ3) is 1.80. The van der Waals surface area contributed by atoms with Crippen molar-refractivity contribution in [2.45, 2.75) is 13.5 Å². The molecule has 6 heteroatoms. The third-order valence-electron chi connectivity index (χ3n) is 2.68. The second kappa shape index (κ2) is 3.99. The Bertz CT molecular complexity index is 769. The number of hydrogen-bond donors (Lipinski definition) is 1. The molecule has 0 aliphatic heterocycles. The fourth-order valence-corrected chi connectivity index (χ4v) is 2.48. The summed E-state index contributed by atoms with van der Waals surface area (Å²) >= 11 is 1.56. The molecule has 0 saturated carbocycles. The van der Waals surface area contributed by atoms with Gasteiger partial charge in [-0.1, -0.05) is 0 Å². The molecule has 0 radical (unpaired) electrons. The van der Waals surface area contributed by atoms with Crippen LogP contribution in [-0.2, 0) is 6.54 Å². The zero-order valence-corrected chi connectivity index (χ0v) is 10.5. The standard InChI is InChI=1S/C12H11N3O2S/c1-7-14-9(6-18-7)5-15-10-3-2-8(13)4-11(10)17-12(15)16/h2-4,6H,5,13H2,1H3. The Kier molecular flexibility index (Phi) is 2.45. The van der Waals surface area contributed by atoms with Crippen molar-refractivity contribution in [3.63, 3.8) is 0 Å². The summed E-state index contributed by atoms with van der Waals surface area (Å²) in [5.41, 5.74) is 8.34. The lowest BCUT2D eigenvalue weighted by molar-refractivity contribution is 0.516. The van der Waals surface area contributed by atoms with Gasteiger partial charge in [0.1, 0.15) is 0 Å². The van der Waals surface area contributed by atoms with E-state index in [1.54, 1.807) is 34.1 Å². The number of aromatic nitrogens is 2. The number of benzene rings is 1. The molecular formula is C12H11N3O2S. The summed E-state index contributed by atoms with van der Waals surface area (Å²) in [6.07, 6.45) is 0. The van der Waals surface area contributed by atoms with Crippen LogP contribution in [0, 0.1) is 6.92 Å². The molecule has 2 aromatic heterocycles. The van der Waals surface area contributed by atoms with Gasteiger partial charge < -0.3 is 10.2 Å². The van der Waals surface area contributed by atoms with Crippen molar-refractivity contribution >= 4 is 28.1 Å². The van der Waals surface area contributed by atoms with Gasteiger partial charge in [-0.05, 0) is 19.1 Å². The zero-order valence-electron chi connectivity index (χ0n) is 9.71. The maximum Gasteiger partial charge on any atom is 0.420 e. The largest absolute Gasteiger partial charge is 0.420 e. The Morgan fingerprint density at radius 1 is 1.50 bits per heavy atom. The number of nitrogens with zero attached hydrogens (tertiary/aromatic N) is 2. The second-order valence-corrected chi connectivity index (χ2v) is 5.10. The minimum Gasteiger partial charge on any atom is -0.408 e. The molecule has 0 spiro atoms. The highest BCUT2D eigenvalue weighted by Crippen LogP contribution is 2.18. The summed E-state index contributed by atoms with van der Waals surface area (Å²) in [7, 11) is 0. The minimum absolute atomic E-state index is 0.388. The maximum absolute atomic E-state index is 11.8. The molecule has 0 bridgehead atoms. The molecule has 0 fully saturated rings. The first-order valence-corrected chi connectivity index (χ1v) is 6.31. The SMILES string of the molecule is Cc1nc(Cn2c(=O)oc3cc(N)ccc32)cs1. The molecule has 0 atom stereocenters. The first-order valence-electron chi connectivity index (χ1n) is 5.43. The van der Waals surface area contributed by atoms with Crippen LogP contribution in [0.1, 0.15) is 10.7 Å². The van der Waals surface area contributed by atoms with Crippen LogP contribution in [0.25, 0.3) is 11.1 Å². The van der Waals surface area contributed by atoms with Crippen LogP contribution >= 0.6 is 11.3 Å². The molecule has 0 aliphatic carbocycles. The lowest BCUT2D eigenvalue weighted by Gasteiger charge is -1.99. The van der Waals surface area contributed by atoms with E-state index in [1.165, 1.54) is 0 Å². The first kappa shape index (κ1) is 11.0. The fraction of sp³-hybridized carbons (Fsp3) is 0.167. The maximum atomic E-state index is 11.8. The van der Waals surface area contributed by atoms with E-state index in [1.807, 2.05) is 12.3 Å². The smallest absolute Gasteiger partial charge is 0.408 e. The average Bonchev–Trinajstić information content (AvgIpc) is 2.84. The lowest BCUT2D eigenvalue weighted by Crippen LogP contribution is -2.15. The van der Waals surface area contributed by atoms with Gasteiger partial charge in [-0.2, -0.15) is 0 Å². The highest BCUT2D eigenvalue weighted by atomic mass is 32.1. The van der Waals surface area contributed by atoms with Crippen LogP contribution in [-0.4, -0.2) is 9.55 Å². The Hall–Kier alpha value is -2.08. The molecule has 3 aromatic rings. The highest BCUT2D eigenvalue weighted by molar-refractivity contribution is 7.09. The van der Waals surface area contributed by atoms with E-state index in [4.69, 9.17) is 10.2 Å². The molecule has 2 N–H and O–H groups in total. The van der Waals surface area contributed by atoms with E-state index < -0.39 is 0 Å². The van der Waals surface area contributed by atoms with Crippen LogP contribution in [0.15, 0.2) is 32.8 Å². The number of nitrogen functional groups attached to an aromatic ring is 1. The normalized spacial score (nSPS) is 11.2. The van der Waals surface area contributed by atoms with Gasteiger partial charge in [0.25, 0.3) is 0 Å². The zero-order chi connectivity index (χ0) is 12.7. The number of rotatable bonds is 2. The van der Waals surface area contributed by atoms with E-state index >= 15 is 0 Å². The second-order valence-electron chi connectivity index (χ2n) is 4.04. The molecule has 18 heavy (non-hydrogen) atoms. The van der Waals surface area contributed by atoms with Crippen molar-refractivity contribution in [1.82, 2.24) is 9.55 Å². The van der Waals surface area contributed by atoms with Crippen LogP contribution in [0.2, 0.25) is 0 Å². The van der Waals surface area contributed by atoms with Gasteiger partial charge in [0.05, 0.1) is 22.8 Å². The van der Waals surface area contributed by atoms with E-state index in [0.29, 0.717) is 17.8 Å². The molecule has 0 amide bonds. The Morgan fingerprint density at radius 2 is 2.33 bits per heavy atom. The van der Waals surface area contributed by atoms with Gasteiger partial charge >= 0.3 is 5.76 Å². The van der Waals surface area contributed by atoms with E-state index in [0.717, 1.165) is 16.2 Å². The summed E-state index contributed by atoms with van der Waals surface area (Å²) in [5, 5.41) is 2.92. The Labute approximate surface area is 106 Å². The number of anilines is 1. The quantitative estimate of drug-likeness (QED) is 0.716. The summed E-state index contributed by atoms with van der Waals surface area (Å²) in [6.45, 7) is 2.35. The van der Waals surface area contributed by atoms with Crippen LogP contribution in [0.4, 0.5) is 5.69 Å². The van der Waals surface area contributed by atoms with E-state index in [9.17, 15) is 4.79 Å². The van der Waals surface area contributed by atoms with Gasteiger partial charge in [0.15, 0.2) is 5.58 Å². The molecule has 0 unspecified atom stereocenters. The Morgan fingerprint density at radius 3 is 3.06 bits per heavy atom. The number of hydrogen-bond acceptors (Lipinski definition) is 5. The molecule has 5 nitrogen and oxygen atoms in total. The third-order valence-corrected chi connectivity index (χ3v) is 3.50. The molecule has 92 valence electrons. The van der Waals surface area contributed by atoms with Crippen molar-refractivity contribution < 1.29 is 4.42 Å². The molecular weight excluding hydrogens is 250 g/mol. The number of aryl methyl sites for hydroxylation is 1. The minimum atomic E-state index is -0.388. The predicted octanol–water partition coefficient (Wildman–Crippen LogP) is 1.99. The number of nitrogens with two attached hydrogens (primary N) is 1. The Balaban J connectivity index is 2.11. The van der Waals surface area contributed by atoms with Crippen molar-refractivity contribution in [3.8, 4) is 0 Å². The van der Waals surface area contributed by atoms with Gasteiger partial charge in [-0.3, -0.25) is 4.57 Å².